The zero-order valence-corrected chi connectivity index (χ0v) is 12.8. The molecule has 2 rings (SSSR count). The Morgan fingerprint density at radius 2 is 2.04 bits per heavy atom. The minimum absolute atomic E-state index is 0.0169. The van der Waals surface area contributed by atoms with Crippen LogP contribution in [0, 0.1) is 17.0 Å². The minimum atomic E-state index is -0.566. The van der Waals surface area contributed by atoms with Crippen molar-refractivity contribution >= 4 is 17.8 Å². The lowest BCUT2D eigenvalue weighted by atomic mass is 10.2. The van der Waals surface area contributed by atoms with Gasteiger partial charge in [0.1, 0.15) is 5.75 Å². The monoisotopic (exact) mass is 329 g/mol. The van der Waals surface area contributed by atoms with E-state index >= 15 is 0 Å². The van der Waals surface area contributed by atoms with E-state index in [1.807, 2.05) is 0 Å². The molecule has 0 radical (unpaired) electrons. The second-order valence-corrected chi connectivity index (χ2v) is 4.90. The molecule has 0 unspecified atom stereocenters. The number of phenolic OH excluding ortho intramolecular Hbond substituents is 1. The predicted octanol–water partition coefficient (Wildman–Crippen LogP) is 2.14. The first-order valence-corrected chi connectivity index (χ1v) is 6.94. The molecule has 0 aromatic heterocycles. The Kier molecular flexibility index (Phi) is 5.45. The Bertz CT molecular complexity index is 772. The van der Waals surface area contributed by atoms with Gasteiger partial charge >= 0.3 is 5.69 Å². The van der Waals surface area contributed by atoms with Crippen LogP contribution in [0.25, 0.3) is 0 Å². The van der Waals surface area contributed by atoms with Gasteiger partial charge in [0.15, 0.2) is 12.4 Å². The number of carbonyl (C=O) groups is 1. The molecular weight excluding hydrogens is 314 g/mol. The topological polar surface area (TPSA) is 114 Å². The second kappa shape index (κ2) is 7.73. The van der Waals surface area contributed by atoms with Gasteiger partial charge in [0, 0.05) is 6.07 Å². The van der Waals surface area contributed by atoms with Gasteiger partial charge in [0.25, 0.3) is 5.91 Å². The van der Waals surface area contributed by atoms with E-state index in [9.17, 15) is 14.9 Å². The Labute approximate surface area is 137 Å². The molecule has 0 atom stereocenters. The van der Waals surface area contributed by atoms with Crippen LogP contribution in [-0.4, -0.2) is 28.8 Å². The Hall–Kier alpha value is -3.42. The summed E-state index contributed by atoms with van der Waals surface area (Å²) in [5.41, 5.74) is 3.45. The summed E-state index contributed by atoms with van der Waals surface area (Å²) in [6.45, 7) is 1.32. The Morgan fingerprint density at radius 1 is 1.33 bits per heavy atom. The number of aryl methyl sites for hydroxylation is 1. The number of aromatic hydroxyl groups is 1. The number of nitrogens with one attached hydrogen (secondary N) is 1. The van der Waals surface area contributed by atoms with Crippen LogP contribution in [-0.2, 0) is 4.79 Å². The SMILES string of the molecule is Cc1ccc(OCC(=O)NN=Cc2ccc(O)cc2)c([N+](=O)[O-])c1. The average molecular weight is 329 g/mol. The lowest BCUT2D eigenvalue weighted by molar-refractivity contribution is -0.385. The molecule has 1 amide bonds. The molecular formula is C16H15N3O5. The summed E-state index contributed by atoms with van der Waals surface area (Å²) in [5.74, 6) is -0.410. The number of rotatable bonds is 6. The van der Waals surface area contributed by atoms with E-state index < -0.39 is 17.4 Å². The van der Waals surface area contributed by atoms with Crippen molar-refractivity contribution in [2.75, 3.05) is 6.61 Å². The first kappa shape index (κ1) is 16.9. The number of nitro benzene ring substituents is 1. The van der Waals surface area contributed by atoms with Crippen molar-refractivity contribution in [3.8, 4) is 11.5 Å². The lowest BCUT2D eigenvalue weighted by Gasteiger charge is -2.06. The largest absolute Gasteiger partial charge is 0.508 e. The molecule has 0 bridgehead atoms. The molecule has 2 aromatic rings. The number of ether oxygens (including phenoxy) is 1. The molecule has 24 heavy (non-hydrogen) atoms. The maximum absolute atomic E-state index is 11.6. The molecule has 0 heterocycles. The summed E-state index contributed by atoms with van der Waals surface area (Å²) in [6, 6.07) is 10.7. The molecule has 8 nitrogen and oxygen atoms in total. The van der Waals surface area contributed by atoms with Crippen molar-refractivity contribution in [2.45, 2.75) is 6.92 Å². The molecule has 0 aliphatic rings. The highest BCUT2D eigenvalue weighted by atomic mass is 16.6. The van der Waals surface area contributed by atoms with Crippen molar-refractivity contribution < 1.29 is 19.6 Å². The maximum atomic E-state index is 11.6. The summed E-state index contributed by atoms with van der Waals surface area (Å²) >= 11 is 0. The maximum Gasteiger partial charge on any atom is 0.311 e. The van der Waals surface area contributed by atoms with Crippen LogP contribution in [0.4, 0.5) is 5.69 Å². The van der Waals surface area contributed by atoms with E-state index in [4.69, 9.17) is 9.84 Å². The number of hydrogen-bond donors (Lipinski definition) is 2. The third kappa shape index (κ3) is 4.80. The molecule has 0 saturated heterocycles. The molecule has 0 aliphatic carbocycles. The summed E-state index contributed by atoms with van der Waals surface area (Å²) in [4.78, 5) is 22.0. The normalized spacial score (nSPS) is 10.5. The molecule has 8 heteroatoms. The number of phenols is 1. The quantitative estimate of drug-likeness (QED) is 0.479. The summed E-state index contributed by atoms with van der Waals surface area (Å²) in [6.07, 6.45) is 1.39. The van der Waals surface area contributed by atoms with Crippen molar-refractivity contribution in [1.29, 1.82) is 0 Å². The van der Waals surface area contributed by atoms with Gasteiger partial charge in [-0.15, -0.1) is 0 Å². The van der Waals surface area contributed by atoms with E-state index in [-0.39, 0.29) is 17.2 Å². The van der Waals surface area contributed by atoms with Gasteiger partial charge in [0.2, 0.25) is 0 Å². The zero-order valence-electron chi connectivity index (χ0n) is 12.8. The van der Waals surface area contributed by atoms with Crippen LogP contribution in [0.5, 0.6) is 11.5 Å². The van der Waals surface area contributed by atoms with Gasteiger partial charge in [-0.2, -0.15) is 5.10 Å². The number of hydrazone groups is 1. The van der Waals surface area contributed by atoms with Gasteiger partial charge in [-0.3, -0.25) is 14.9 Å². The van der Waals surface area contributed by atoms with Crippen LogP contribution >= 0.6 is 0 Å². The number of amides is 1. The van der Waals surface area contributed by atoms with Gasteiger partial charge in [-0.1, -0.05) is 6.07 Å². The number of carbonyl (C=O) groups excluding carboxylic acids is 1. The van der Waals surface area contributed by atoms with Crippen LogP contribution in [0.2, 0.25) is 0 Å². The van der Waals surface area contributed by atoms with E-state index in [0.717, 1.165) is 5.56 Å². The molecule has 2 aromatic carbocycles. The third-order valence-corrected chi connectivity index (χ3v) is 2.97. The van der Waals surface area contributed by atoms with Crippen molar-refractivity contribution in [3.63, 3.8) is 0 Å². The molecule has 124 valence electrons. The molecule has 2 N–H and O–H groups in total. The van der Waals surface area contributed by atoms with Crippen molar-refractivity contribution in [1.82, 2.24) is 5.43 Å². The van der Waals surface area contributed by atoms with Gasteiger partial charge < -0.3 is 9.84 Å². The fraction of sp³-hybridized carbons (Fsp3) is 0.125. The average Bonchev–Trinajstić information content (AvgIpc) is 2.55. The highest BCUT2D eigenvalue weighted by Crippen LogP contribution is 2.27. The van der Waals surface area contributed by atoms with Crippen LogP contribution in [0.3, 0.4) is 0 Å². The van der Waals surface area contributed by atoms with Gasteiger partial charge in [-0.25, -0.2) is 5.43 Å². The molecule has 0 aliphatic heterocycles. The number of nitrogens with zero attached hydrogens (tertiary/aromatic N) is 2. The van der Waals surface area contributed by atoms with Crippen LogP contribution < -0.4 is 10.2 Å². The fourth-order valence-electron chi connectivity index (χ4n) is 1.81. The van der Waals surface area contributed by atoms with E-state index in [1.165, 1.54) is 30.5 Å². The van der Waals surface area contributed by atoms with Crippen molar-refractivity contribution in [2.24, 2.45) is 5.10 Å². The number of hydrogen-bond acceptors (Lipinski definition) is 6. The fourth-order valence-corrected chi connectivity index (χ4v) is 1.81. The summed E-state index contributed by atoms with van der Waals surface area (Å²) in [7, 11) is 0. The summed E-state index contributed by atoms with van der Waals surface area (Å²) in [5, 5.41) is 23.8. The molecule has 0 fully saturated rings. The van der Waals surface area contributed by atoms with E-state index in [1.54, 1.807) is 25.1 Å². The van der Waals surface area contributed by atoms with Crippen LogP contribution in [0.1, 0.15) is 11.1 Å². The number of nitro groups is 1. The van der Waals surface area contributed by atoms with Crippen molar-refractivity contribution in [3.05, 3.63) is 63.7 Å². The van der Waals surface area contributed by atoms with Crippen LogP contribution in [0.15, 0.2) is 47.6 Å². The first-order valence-electron chi connectivity index (χ1n) is 6.94. The van der Waals surface area contributed by atoms with Gasteiger partial charge in [-0.05, 0) is 48.4 Å². The standard InChI is InChI=1S/C16H15N3O5/c1-11-2-7-15(14(8-11)19(22)23)24-10-16(21)18-17-9-12-3-5-13(20)6-4-12/h2-9,20H,10H2,1H3,(H,18,21). The van der Waals surface area contributed by atoms with E-state index in [0.29, 0.717) is 5.56 Å². The first-order chi connectivity index (χ1) is 11.5. The van der Waals surface area contributed by atoms with Gasteiger partial charge in [0.05, 0.1) is 11.1 Å². The molecule has 0 spiro atoms. The molecule has 0 saturated carbocycles. The van der Waals surface area contributed by atoms with E-state index in [2.05, 4.69) is 10.5 Å². The highest BCUT2D eigenvalue weighted by molar-refractivity contribution is 5.83. The highest BCUT2D eigenvalue weighted by Gasteiger charge is 2.16. The third-order valence-electron chi connectivity index (χ3n) is 2.97. The zero-order chi connectivity index (χ0) is 17.5. The summed E-state index contributed by atoms with van der Waals surface area (Å²) < 4.78 is 5.17. The Balaban J connectivity index is 1.89. The second-order valence-electron chi connectivity index (χ2n) is 4.90. The number of benzene rings is 2. The smallest absolute Gasteiger partial charge is 0.311 e. The predicted molar refractivity (Wildman–Crippen MR) is 87.2 cm³/mol. The lowest BCUT2D eigenvalue weighted by Crippen LogP contribution is -2.24. The Morgan fingerprint density at radius 3 is 2.71 bits per heavy atom. The minimum Gasteiger partial charge on any atom is -0.508 e.